The van der Waals surface area contributed by atoms with Gasteiger partial charge in [-0.05, 0) is 29.8 Å². The van der Waals surface area contributed by atoms with Crippen LogP contribution in [0.2, 0.25) is 0 Å². The number of phenolic OH excluding ortho intramolecular Hbond substituents is 1. The van der Waals surface area contributed by atoms with Gasteiger partial charge in [-0.2, -0.15) is 0 Å². The lowest BCUT2D eigenvalue weighted by Gasteiger charge is -2.18. The molecule has 1 N–H and O–H groups in total. The van der Waals surface area contributed by atoms with Crippen LogP contribution >= 0.6 is 0 Å². The second-order valence-corrected chi connectivity index (χ2v) is 5.32. The lowest BCUT2D eigenvalue weighted by atomic mass is 9.95. The van der Waals surface area contributed by atoms with Gasteiger partial charge in [-0.25, -0.2) is 0 Å². The minimum absolute atomic E-state index is 0.00581. The summed E-state index contributed by atoms with van der Waals surface area (Å²) in [6.07, 6.45) is 0. The van der Waals surface area contributed by atoms with E-state index >= 15 is 0 Å². The highest BCUT2D eigenvalue weighted by atomic mass is 16.5. The summed E-state index contributed by atoms with van der Waals surface area (Å²) in [5.74, 6) is 0.396. The van der Waals surface area contributed by atoms with Crippen LogP contribution < -0.4 is 18.9 Å². The zero-order valence-corrected chi connectivity index (χ0v) is 15.4. The molecule has 0 aromatic heterocycles. The highest BCUT2D eigenvalue weighted by Gasteiger charge is 2.27. The minimum atomic E-state index is -0.400. The Labute approximate surface area is 152 Å². The average molecular weight is 362 g/mol. The van der Waals surface area contributed by atoms with Crippen LogP contribution in [0.25, 0.3) is 0 Å². The van der Waals surface area contributed by atoms with Crippen LogP contribution in [0.3, 0.4) is 0 Å². The first-order valence-electron chi connectivity index (χ1n) is 7.74. The van der Waals surface area contributed by atoms with Crippen LogP contribution in [-0.2, 0) is 11.3 Å². The van der Waals surface area contributed by atoms with Gasteiger partial charge in [-0.1, -0.05) is 0 Å². The van der Waals surface area contributed by atoms with Crippen molar-refractivity contribution in [3.63, 3.8) is 0 Å². The summed E-state index contributed by atoms with van der Waals surface area (Å²) < 4.78 is 26.2. The molecule has 7 heteroatoms. The Balaban J connectivity index is 2.74. The largest absolute Gasteiger partial charge is 0.502 e. The number of ether oxygens (including phenoxy) is 5. The lowest BCUT2D eigenvalue weighted by molar-refractivity contribution is 0.102. The third-order valence-corrected chi connectivity index (χ3v) is 3.90. The fourth-order valence-corrected chi connectivity index (χ4v) is 2.67. The second kappa shape index (κ2) is 8.44. The molecule has 140 valence electrons. The van der Waals surface area contributed by atoms with Gasteiger partial charge in [-0.3, -0.25) is 4.79 Å². The maximum Gasteiger partial charge on any atom is 0.201 e. The van der Waals surface area contributed by atoms with Gasteiger partial charge in [-0.15, -0.1) is 0 Å². The van der Waals surface area contributed by atoms with Gasteiger partial charge in [0.05, 0.1) is 46.2 Å². The topological polar surface area (TPSA) is 83.5 Å². The first kappa shape index (κ1) is 19.4. The van der Waals surface area contributed by atoms with Gasteiger partial charge >= 0.3 is 0 Å². The third kappa shape index (κ3) is 3.52. The monoisotopic (exact) mass is 362 g/mol. The zero-order valence-electron chi connectivity index (χ0n) is 15.4. The van der Waals surface area contributed by atoms with Gasteiger partial charge in [0.2, 0.25) is 11.5 Å². The van der Waals surface area contributed by atoms with Crippen molar-refractivity contribution in [3.8, 4) is 28.7 Å². The number of hydrogen-bond acceptors (Lipinski definition) is 7. The molecule has 0 radical (unpaired) electrons. The highest BCUT2D eigenvalue weighted by molar-refractivity contribution is 6.14. The first-order chi connectivity index (χ1) is 12.5. The number of phenols is 1. The average Bonchev–Trinajstić information content (AvgIpc) is 2.67. The standard InChI is InChI=1S/C19H22O7/c1-22-10-11-8-15(25-4)18(21)19(26-5)16(11)17(20)13-9-12(23-2)6-7-14(13)24-3/h6-9,21H,10H2,1-5H3. The summed E-state index contributed by atoms with van der Waals surface area (Å²) in [6, 6.07) is 6.44. The molecular weight excluding hydrogens is 340 g/mol. The number of hydrogen-bond donors (Lipinski definition) is 1. The quantitative estimate of drug-likeness (QED) is 0.723. The zero-order chi connectivity index (χ0) is 19.3. The molecule has 0 spiro atoms. The predicted octanol–water partition coefficient (Wildman–Crippen LogP) is 2.80. The molecule has 0 atom stereocenters. The van der Waals surface area contributed by atoms with E-state index in [2.05, 4.69) is 0 Å². The van der Waals surface area contributed by atoms with E-state index in [1.807, 2.05) is 0 Å². The van der Waals surface area contributed by atoms with Crippen molar-refractivity contribution >= 4 is 5.78 Å². The molecule has 2 aromatic rings. The fourth-order valence-electron chi connectivity index (χ4n) is 2.67. The van der Waals surface area contributed by atoms with Gasteiger partial charge in [0, 0.05) is 7.11 Å². The van der Waals surface area contributed by atoms with Crippen molar-refractivity contribution in [2.45, 2.75) is 6.61 Å². The van der Waals surface area contributed by atoms with E-state index in [4.69, 9.17) is 23.7 Å². The minimum Gasteiger partial charge on any atom is -0.502 e. The number of benzene rings is 2. The molecule has 0 amide bonds. The normalized spacial score (nSPS) is 10.3. The van der Waals surface area contributed by atoms with Crippen LogP contribution in [-0.4, -0.2) is 46.4 Å². The lowest BCUT2D eigenvalue weighted by Crippen LogP contribution is -2.11. The molecular formula is C19H22O7. The van der Waals surface area contributed by atoms with Gasteiger partial charge in [0.1, 0.15) is 11.5 Å². The smallest absolute Gasteiger partial charge is 0.201 e. The molecule has 0 aliphatic rings. The molecule has 0 aliphatic carbocycles. The van der Waals surface area contributed by atoms with Crippen molar-refractivity contribution in [1.82, 2.24) is 0 Å². The molecule has 7 nitrogen and oxygen atoms in total. The van der Waals surface area contributed by atoms with Crippen LogP contribution in [0, 0.1) is 0 Å². The van der Waals surface area contributed by atoms with Crippen molar-refractivity contribution in [2.24, 2.45) is 0 Å². The van der Waals surface area contributed by atoms with E-state index in [1.54, 1.807) is 24.3 Å². The number of methoxy groups -OCH3 is 5. The summed E-state index contributed by atoms with van der Waals surface area (Å²) in [5.41, 5.74) is 0.945. The van der Waals surface area contributed by atoms with E-state index in [0.29, 0.717) is 17.1 Å². The number of aromatic hydroxyl groups is 1. The van der Waals surface area contributed by atoms with Crippen molar-refractivity contribution in [1.29, 1.82) is 0 Å². The first-order valence-corrected chi connectivity index (χ1v) is 7.74. The van der Waals surface area contributed by atoms with Gasteiger partial charge < -0.3 is 28.8 Å². The van der Waals surface area contributed by atoms with E-state index < -0.39 is 5.78 Å². The Morgan fingerprint density at radius 1 is 0.923 bits per heavy atom. The SMILES string of the molecule is COCc1cc(OC)c(O)c(OC)c1C(=O)c1cc(OC)ccc1OC. The summed E-state index contributed by atoms with van der Waals surface area (Å²) in [5, 5.41) is 10.4. The van der Waals surface area contributed by atoms with Crippen LogP contribution in [0.15, 0.2) is 24.3 Å². The van der Waals surface area contributed by atoms with E-state index in [-0.39, 0.29) is 35.0 Å². The van der Waals surface area contributed by atoms with Crippen LogP contribution in [0.4, 0.5) is 0 Å². The van der Waals surface area contributed by atoms with Crippen molar-refractivity contribution in [2.75, 3.05) is 35.5 Å². The second-order valence-electron chi connectivity index (χ2n) is 5.32. The number of ketones is 1. The molecule has 0 fully saturated rings. The molecule has 0 aliphatic heterocycles. The highest BCUT2D eigenvalue weighted by Crippen LogP contribution is 2.43. The van der Waals surface area contributed by atoms with Crippen LogP contribution in [0.1, 0.15) is 21.5 Å². The summed E-state index contributed by atoms with van der Waals surface area (Å²) in [4.78, 5) is 13.3. The molecule has 0 saturated heterocycles. The summed E-state index contributed by atoms with van der Waals surface area (Å²) >= 11 is 0. The molecule has 2 rings (SSSR count). The van der Waals surface area contributed by atoms with E-state index in [0.717, 1.165) is 0 Å². The van der Waals surface area contributed by atoms with E-state index in [1.165, 1.54) is 35.5 Å². The summed E-state index contributed by atoms with van der Waals surface area (Å²) in [7, 11) is 7.26. The third-order valence-electron chi connectivity index (χ3n) is 3.90. The fraction of sp³-hybridized carbons (Fsp3) is 0.316. The number of carbonyl (C=O) groups is 1. The van der Waals surface area contributed by atoms with E-state index in [9.17, 15) is 9.90 Å². The summed E-state index contributed by atoms with van der Waals surface area (Å²) in [6.45, 7) is 0.125. The maximum absolute atomic E-state index is 13.3. The maximum atomic E-state index is 13.3. The predicted molar refractivity (Wildman–Crippen MR) is 94.9 cm³/mol. The van der Waals surface area contributed by atoms with Gasteiger partial charge in [0.25, 0.3) is 0 Å². The Hall–Kier alpha value is -2.93. The molecule has 26 heavy (non-hydrogen) atoms. The molecule has 2 aromatic carbocycles. The van der Waals surface area contributed by atoms with Gasteiger partial charge in [0.15, 0.2) is 11.5 Å². The van der Waals surface area contributed by atoms with Crippen molar-refractivity contribution in [3.05, 3.63) is 41.0 Å². The Morgan fingerprint density at radius 2 is 1.62 bits per heavy atom. The molecule has 0 bridgehead atoms. The number of carbonyl (C=O) groups excluding carboxylic acids is 1. The molecule has 0 heterocycles. The molecule has 0 unspecified atom stereocenters. The Kier molecular flexibility index (Phi) is 6.30. The number of rotatable bonds is 8. The van der Waals surface area contributed by atoms with Crippen molar-refractivity contribution < 1.29 is 33.6 Å². The Bertz CT molecular complexity index is 799. The Morgan fingerprint density at radius 3 is 2.15 bits per heavy atom. The van der Waals surface area contributed by atoms with Crippen LogP contribution in [0.5, 0.6) is 28.7 Å². The molecule has 0 saturated carbocycles.